The predicted molar refractivity (Wildman–Crippen MR) is 43.7 cm³/mol. The molecule has 0 aromatic carbocycles. The molecule has 0 aliphatic carbocycles. The first-order chi connectivity index (χ1) is 4.86. The van der Waals surface area contributed by atoms with E-state index in [0.29, 0.717) is 6.54 Å². The molecule has 0 radical (unpaired) electrons. The summed E-state index contributed by atoms with van der Waals surface area (Å²) in [6, 6.07) is 0.151. The van der Waals surface area contributed by atoms with Crippen LogP contribution in [0.1, 0.15) is 6.42 Å². The Kier molecular flexibility index (Phi) is 4.98. The zero-order valence-electron chi connectivity index (χ0n) is 5.97. The zero-order valence-corrected chi connectivity index (χ0v) is 6.79. The molecule has 1 saturated heterocycles. The van der Waals surface area contributed by atoms with Crippen molar-refractivity contribution in [1.29, 1.82) is 0 Å². The van der Waals surface area contributed by atoms with E-state index in [0.717, 1.165) is 6.42 Å². The van der Waals surface area contributed by atoms with Crippen molar-refractivity contribution >= 4 is 12.4 Å². The van der Waals surface area contributed by atoms with Crippen LogP contribution in [-0.4, -0.2) is 30.3 Å². The second kappa shape index (κ2) is 5.21. The summed E-state index contributed by atoms with van der Waals surface area (Å²) in [4.78, 5) is 2.69. The van der Waals surface area contributed by atoms with Gasteiger partial charge < -0.3 is 10.4 Å². The number of azide groups is 1. The highest BCUT2D eigenvalue weighted by Gasteiger charge is 2.21. The van der Waals surface area contributed by atoms with Gasteiger partial charge >= 0.3 is 0 Å². The quantitative estimate of drug-likeness (QED) is 0.366. The van der Waals surface area contributed by atoms with Crippen LogP contribution in [0.2, 0.25) is 0 Å². The Morgan fingerprint density at radius 3 is 2.91 bits per heavy atom. The van der Waals surface area contributed by atoms with Gasteiger partial charge in [0, 0.05) is 17.5 Å². The lowest BCUT2D eigenvalue weighted by Crippen LogP contribution is -2.24. The van der Waals surface area contributed by atoms with Gasteiger partial charge in [-0.15, -0.1) is 12.4 Å². The van der Waals surface area contributed by atoms with E-state index in [2.05, 4.69) is 15.3 Å². The fraction of sp³-hybridized carbons (Fsp3) is 1.00. The molecule has 11 heavy (non-hydrogen) atoms. The molecule has 1 heterocycles. The topological polar surface area (TPSA) is 81.0 Å². The van der Waals surface area contributed by atoms with Crippen molar-refractivity contribution < 1.29 is 5.11 Å². The number of hydrogen-bond donors (Lipinski definition) is 2. The lowest BCUT2D eigenvalue weighted by Gasteiger charge is -2.02. The van der Waals surface area contributed by atoms with Gasteiger partial charge in [-0.3, -0.25) is 0 Å². The maximum absolute atomic E-state index is 8.65. The molecule has 0 unspecified atom stereocenters. The molecule has 6 heteroatoms. The minimum atomic E-state index is 0. The summed E-state index contributed by atoms with van der Waals surface area (Å²) in [6.07, 6.45) is 0.751. The van der Waals surface area contributed by atoms with Gasteiger partial charge in [0.05, 0.1) is 12.6 Å². The number of halogens is 1. The fourth-order valence-corrected chi connectivity index (χ4v) is 1.10. The molecule has 1 aliphatic heterocycles. The number of nitrogens with one attached hydrogen (secondary N) is 1. The van der Waals surface area contributed by atoms with Crippen LogP contribution in [0.3, 0.4) is 0 Å². The normalized spacial score (nSPS) is 28.8. The van der Waals surface area contributed by atoms with E-state index < -0.39 is 0 Å². The Labute approximate surface area is 70.8 Å². The number of hydrogen-bond acceptors (Lipinski definition) is 3. The molecular formula is C5H11ClN4O. The lowest BCUT2D eigenvalue weighted by atomic mass is 10.2. The highest BCUT2D eigenvalue weighted by atomic mass is 35.5. The molecule has 0 bridgehead atoms. The summed E-state index contributed by atoms with van der Waals surface area (Å²) >= 11 is 0. The Morgan fingerprint density at radius 1 is 1.73 bits per heavy atom. The number of aliphatic hydroxyl groups is 1. The first-order valence-corrected chi connectivity index (χ1v) is 3.25. The first-order valence-electron chi connectivity index (χ1n) is 3.25. The van der Waals surface area contributed by atoms with E-state index in [4.69, 9.17) is 10.6 Å². The van der Waals surface area contributed by atoms with Crippen LogP contribution in [0.4, 0.5) is 0 Å². The van der Waals surface area contributed by atoms with Crippen LogP contribution < -0.4 is 5.32 Å². The van der Waals surface area contributed by atoms with Crippen LogP contribution >= 0.6 is 12.4 Å². The van der Waals surface area contributed by atoms with Gasteiger partial charge in [0.15, 0.2) is 0 Å². The highest BCUT2D eigenvalue weighted by Crippen LogP contribution is 2.09. The SMILES string of the molecule is Cl.[N-]=[N+]=N[C@@H]1CN[C@@H](CO)C1. The molecule has 0 aromatic rings. The Morgan fingerprint density at radius 2 is 2.45 bits per heavy atom. The number of aliphatic hydroxyl groups excluding tert-OH is 1. The lowest BCUT2D eigenvalue weighted by molar-refractivity contribution is 0.254. The van der Waals surface area contributed by atoms with Crippen molar-refractivity contribution in [1.82, 2.24) is 5.32 Å². The number of rotatable bonds is 2. The average molecular weight is 179 g/mol. The van der Waals surface area contributed by atoms with Crippen LogP contribution in [0.5, 0.6) is 0 Å². The van der Waals surface area contributed by atoms with Crippen molar-refractivity contribution in [3.8, 4) is 0 Å². The summed E-state index contributed by atoms with van der Waals surface area (Å²) in [7, 11) is 0. The van der Waals surface area contributed by atoms with Gasteiger partial charge in [-0.25, -0.2) is 0 Å². The maximum atomic E-state index is 8.65. The van der Waals surface area contributed by atoms with Gasteiger partial charge in [0.2, 0.25) is 0 Å². The first kappa shape index (κ1) is 10.5. The Bertz CT molecular complexity index is 159. The molecule has 5 nitrogen and oxygen atoms in total. The minimum Gasteiger partial charge on any atom is -0.395 e. The maximum Gasteiger partial charge on any atom is 0.0584 e. The Hall–Kier alpha value is -0.480. The van der Waals surface area contributed by atoms with Crippen LogP contribution in [-0.2, 0) is 0 Å². The van der Waals surface area contributed by atoms with Crippen LogP contribution in [0, 0.1) is 0 Å². The van der Waals surface area contributed by atoms with E-state index in [1.165, 1.54) is 0 Å². The summed E-state index contributed by atoms with van der Waals surface area (Å²) in [5, 5.41) is 15.2. The third-order valence-electron chi connectivity index (χ3n) is 1.63. The highest BCUT2D eigenvalue weighted by molar-refractivity contribution is 5.85. The standard InChI is InChI=1S/C5H10N4O.ClH/c6-9-8-4-1-5(3-10)7-2-4;/h4-5,7,10H,1-3H2;1H/t4-,5+;/m0./s1. The van der Waals surface area contributed by atoms with Crippen molar-refractivity contribution in [3.63, 3.8) is 0 Å². The van der Waals surface area contributed by atoms with Crippen LogP contribution in [0.15, 0.2) is 5.11 Å². The molecule has 1 fully saturated rings. The second-order valence-electron chi connectivity index (χ2n) is 2.38. The molecule has 64 valence electrons. The molecule has 0 aromatic heterocycles. The van der Waals surface area contributed by atoms with E-state index in [1.807, 2.05) is 0 Å². The van der Waals surface area contributed by atoms with E-state index in [1.54, 1.807) is 0 Å². The van der Waals surface area contributed by atoms with Crippen LogP contribution in [0.25, 0.3) is 10.4 Å². The average Bonchev–Trinajstić information content (AvgIpc) is 2.37. The van der Waals surface area contributed by atoms with Crippen molar-refractivity contribution in [3.05, 3.63) is 10.4 Å². The Balaban J connectivity index is 0.000001000. The summed E-state index contributed by atoms with van der Waals surface area (Å²) < 4.78 is 0. The van der Waals surface area contributed by atoms with Crippen molar-refractivity contribution in [2.45, 2.75) is 18.5 Å². The molecular weight excluding hydrogens is 168 g/mol. The summed E-state index contributed by atoms with van der Waals surface area (Å²) in [5.41, 5.74) is 8.05. The van der Waals surface area contributed by atoms with E-state index in [-0.39, 0.29) is 31.1 Å². The van der Waals surface area contributed by atoms with Gasteiger partial charge in [-0.05, 0) is 12.0 Å². The monoisotopic (exact) mass is 178 g/mol. The number of nitrogens with zero attached hydrogens (tertiary/aromatic N) is 3. The fourth-order valence-electron chi connectivity index (χ4n) is 1.10. The smallest absolute Gasteiger partial charge is 0.0584 e. The van der Waals surface area contributed by atoms with E-state index in [9.17, 15) is 0 Å². The van der Waals surface area contributed by atoms with Crippen molar-refractivity contribution in [2.75, 3.05) is 13.2 Å². The third-order valence-corrected chi connectivity index (χ3v) is 1.63. The summed E-state index contributed by atoms with van der Waals surface area (Å²) in [6.45, 7) is 0.812. The van der Waals surface area contributed by atoms with Gasteiger partial charge in [-0.2, -0.15) is 0 Å². The van der Waals surface area contributed by atoms with Gasteiger partial charge in [-0.1, -0.05) is 5.11 Å². The molecule has 0 amide bonds. The van der Waals surface area contributed by atoms with Gasteiger partial charge in [0.25, 0.3) is 0 Å². The molecule has 0 saturated carbocycles. The molecule has 1 rings (SSSR count). The molecule has 2 N–H and O–H groups in total. The van der Waals surface area contributed by atoms with Gasteiger partial charge in [0.1, 0.15) is 0 Å². The largest absolute Gasteiger partial charge is 0.395 e. The van der Waals surface area contributed by atoms with E-state index >= 15 is 0 Å². The zero-order chi connectivity index (χ0) is 7.40. The second-order valence-corrected chi connectivity index (χ2v) is 2.38. The predicted octanol–water partition coefficient (Wildman–Crippen LogP) is 0.441. The molecule has 0 spiro atoms. The van der Waals surface area contributed by atoms with Crippen molar-refractivity contribution in [2.24, 2.45) is 5.11 Å². The molecule has 1 aliphatic rings. The minimum absolute atomic E-state index is 0. The molecule has 2 atom stereocenters. The summed E-state index contributed by atoms with van der Waals surface area (Å²) in [5.74, 6) is 0. The third kappa shape index (κ3) is 2.95.